The van der Waals surface area contributed by atoms with Crippen LogP contribution in [0.25, 0.3) is 0 Å². The summed E-state index contributed by atoms with van der Waals surface area (Å²) in [6.45, 7) is 2.26. The Morgan fingerprint density at radius 1 is 1.40 bits per heavy atom. The highest BCUT2D eigenvalue weighted by molar-refractivity contribution is 7.88. The van der Waals surface area contributed by atoms with Gasteiger partial charge < -0.3 is 5.11 Å². The number of hydrogen-bond acceptors (Lipinski definition) is 4. The minimum Gasteiger partial charge on any atom is -0.389 e. The minimum absolute atomic E-state index is 0.102. The van der Waals surface area contributed by atoms with Crippen LogP contribution in [0.4, 0.5) is 0 Å². The molecule has 5 nitrogen and oxygen atoms in total. The highest BCUT2D eigenvalue weighted by atomic mass is 32.2. The molecule has 1 aromatic rings. The molecule has 6 heteroatoms. The lowest BCUT2D eigenvalue weighted by Crippen LogP contribution is -2.48. The third-order valence-electron chi connectivity index (χ3n) is 3.47. The van der Waals surface area contributed by atoms with E-state index in [1.807, 2.05) is 6.07 Å². The van der Waals surface area contributed by atoms with E-state index < -0.39 is 15.6 Å². The van der Waals surface area contributed by atoms with E-state index in [2.05, 4.69) is 0 Å². The third kappa shape index (κ3) is 3.57. The highest BCUT2D eigenvalue weighted by Gasteiger charge is 2.34. The van der Waals surface area contributed by atoms with Crippen molar-refractivity contribution in [2.75, 3.05) is 13.1 Å². The van der Waals surface area contributed by atoms with Gasteiger partial charge in [-0.15, -0.1) is 0 Å². The quantitative estimate of drug-likeness (QED) is 0.909. The molecule has 0 spiro atoms. The number of hydrogen-bond donors (Lipinski definition) is 1. The van der Waals surface area contributed by atoms with Gasteiger partial charge in [0.25, 0.3) is 0 Å². The fourth-order valence-corrected chi connectivity index (χ4v) is 4.07. The monoisotopic (exact) mass is 294 g/mol. The summed E-state index contributed by atoms with van der Waals surface area (Å²) < 4.78 is 26.0. The van der Waals surface area contributed by atoms with Gasteiger partial charge in [-0.1, -0.05) is 12.1 Å². The van der Waals surface area contributed by atoms with Gasteiger partial charge in [-0.05, 0) is 37.5 Å². The Morgan fingerprint density at radius 2 is 2.05 bits per heavy atom. The number of piperidine rings is 1. The molecule has 1 N–H and O–H groups in total. The van der Waals surface area contributed by atoms with Crippen molar-refractivity contribution in [1.82, 2.24) is 4.31 Å². The molecule has 1 heterocycles. The van der Waals surface area contributed by atoms with Crippen LogP contribution < -0.4 is 0 Å². The van der Waals surface area contributed by atoms with Crippen LogP contribution in [0, 0.1) is 11.3 Å². The van der Waals surface area contributed by atoms with E-state index in [1.165, 1.54) is 4.31 Å². The number of rotatable bonds is 3. The predicted molar refractivity (Wildman–Crippen MR) is 75.2 cm³/mol. The van der Waals surface area contributed by atoms with Crippen LogP contribution in [0.15, 0.2) is 24.3 Å². The Bertz CT molecular complexity index is 615. The normalized spacial score (nSPS) is 24.2. The summed E-state index contributed by atoms with van der Waals surface area (Å²) in [5.41, 5.74) is 0.206. The van der Waals surface area contributed by atoms with E-state index >= 15 is 0 Å². The first-order chi connectivity index (χ1) is 9.32. The zero-order valence-corrected chi connectivity index (χ0v) is 12.2. The fraction of sp³-hybridized carbons (Fsp3) is 0.500. The largest absolute Gasteiger partial charge is 0.389 e. The molecule has 1 aliphatic rings. The number of nitriles is 1. The van der Waals surface area contributed by atoms with Crippen molar-refractivity contribution >= 4 is 10.0 Å². The molecule has 0 aliphatic carbocycles. The Kier molecular flexibility index (Phi) is 4.14. The van der Waals surface area contributed by atoms with E-state index in [4.69, 9.17) is 5.26 Å². The smallest absolute Gasteiger partial charge is 0.218 e. The molecule has 20 heavy (non-hydrogen) atoms. The van der Waals surface area contributed by atoms with Gasteiger partial charge in [0.05, 0.1) is 23.0 Å². The van der Waals surface area contributed by atoms with Crippen LogP contribution in [0.3, 0.4) is 0 Å². The summed E-state index contributed by atoms with van der Waals surface area (Å²) in [4.78, 5) is 0. The van der Waals surface area contributed by atoms with Crippen LogP contribution in [0.2, 0.25) is 0 Å². The van der Waals surface area contributed by atoms with E-state index in [0.29, 0.717) is 30.5 Å². The number of nitrogens with zero attached hydrogens (tertiary/aromatic N) is 2. The zero-order chi connectivity index (χ0) is 14.8. The van der Waals surface area contributed by atoms with Crippen LogP contribution in [-0.2, 0) is 15.8 Å². The SMILES string of the molecule is CC1(O)CCCN(S(=O)(=O)Cc2ccc(C#N)cc2)C1. The van der Waals surface area contributed by atoms with Gasteiger partial charge in [0, 0.05) is 13.1 Å². The molecule has 108 valence electrons. The average molecular weight is 294 g/mol. The number of benzene rings is 1. The molecule has 0 bridgehead atoms. The molecule has 0 radical (unpaired) electrons. The number of aliphatic hydroxyl groups is 1. The van der Waals surface area contributed by atoms with Crippen molar-refractivity contribution in [3.8, 4) is 6.07 Å². The van der Waals surface area contributed by atoms with E-state index in [0.717, 1.165) is 0 Å². The first-order valence-electron chi connectivity index (χ1n) is 6.52. The summed E-state index contributed by atoms with van der Waals surface area (Å²) in [6, 6.07) is 8.52. The molecule has 1 atom stereocenters. The Hall–Kier alpha value is -1.42. The van der Waals surface area contributed by atoms with E-state index in [9.17, 15) is 13.5 Å². The lowest BCUT2D eigenvalue weighted by Gasteiger charge is -2.36. The molecule has 1 aromatic carbocycles. The second kappa shape index (κ2) is 5.52. The topological polar surface area (TPSA) is 81.4 Å². The molecular weight excluding hydrogens is 276 g/mol. The first kappa shape index (κ1) is 15.0. The molecule has 0 aromatic heterocycles. The fourth-order valence-electron chi connectivity index (χ4n) is 2.39. The average Bonchev–Trinajstić information content (AvgIpc) is 2.38. The lowest BCUT2D eigenvalue weighted by atomic mass is 9.97. The van der Waals surface area contributed by atoms with Crippen molar-refractivity contribution in [2.24, 2.45) is 0 Å². The van der Waals surface area contributed by atoms with Gasteiger partial charge in [-0.25, -0.2) is 8.42 Å². The number of sulfonamides is 1. The summed E-state index contributed by atoms with van der Waals surface area (Å²) in [7, 11) is -3.44. The van der Waals surface area contributed by atoms with Gasteiger partial charge in [-0.3, -0.25) is 0 Å². The molecule has 1 unspecified atom stereocenters. The lowest BCUT2D eigenvalue weighted by molar-refractivity contribution is 0.00935. The Morgan fingerprint density at radius 3 is 2.60 bits per heavy atom. The van der Waals surface area contributed by atoms with Crippen LogP contribution >= 0.6 is 0 Å². The predicted octanol–water partition coefficient (Wildman–Crippen LogP) is 1.23. The minimum atomic E-state index is -3.44. The van der Waals surface area contributed by atoms with Crippen LogP contribution in [-0.4, -0.2) is 36.5 Å². The Balaban J connectivity index is 2.12. The van der Waals surface area contributed by atoms with Gasteiger partial charge in [0.1, 0.15) is 0 Å². The van der Waals surface area contributed by atoms with Crippen LogP contribution in [0.5, 0.6) is 0 Å². The highest BCUT2D eigenvalue weighted by Crippen LogP contribution is 2.24. The summed E-state index contributed by atoms with van der Waals surface area (Å²) in [5.74, 6) is -0.102. The molecular formula is C14H18N2O3S. The van der Waals surface area contributed by atoms with Crippen molar-refractivity contribution in [3.05, 3.63) is 35.4 Å². The van der Waals surface area contributed by atoms with E-state index in [-0.39, 0.29) is 12.3 Å². The zero-order valence-electron chi connectivity index (χ0n) is 11.4. The number of β-amino-alcohol motifs (C(OH)–C–C–N with tert-alkyl or cyclic N) is 1. The third-order valence-corrected chi connectivity index (χ3v) is 5.26. The molecule has 1 saturated heterocycles. The standard InChI is InChI=1S/C14H18N2O3S/c1-14(17)7-2-8-16(11-14)20(18,19)10-13-5-3-12(9-15)4-6-13/h3-6,17H,2,7-8,10-11H2,1H3. The van der Waals surface area contributed by atoms with Gasteiger partial charge in [0.2, 0.25) is 10.0 Å². The molecule has 1 fully saturated rings. The summed E-state index contributed by atoms with van der Waals surface area (Å²) in [5, 5.41) is 18.7. The van der Waals surface area contributed by atoms with Crippen molar-refractivity contribution in [2.45, 2.75) is 31.1 Å². The molecule has 1 aliphatic heterocycles. The maximum Gasteiger partial charge on any atom is 0.218 e. The Labute approximate surface area is 119 Å². The maximum atomic E-state index is 12.3. The maximum absolute atomic E-state index is 12.3. The summed E-state index contributed by atoms with van der Waals surface area (Å²) >= 11 is 0. The van der Waals surface area contributed by atoms with Crippen molar-refractivity contribution in [3.63, 3.8) is 0 Å². The second-order valence-electron chi connectivity index (χ2n) is 5.50. The van der Waals surface area contributed by atoms with Gasteiger partial charge in [0.15, 0.2) is 0 Å². The first-order valence-corrected chi connectivity index (χ1v) is 8.13. The molecule has 0 amide bonds. The van der Waals surface area contributed by atoms with E-state index in [1.54, 1.807) is 31.2 Å². The van der Waals surface area contributed by atoms with Crippen LogP contribution in [0.1, 0.15) is 30.9 Å². The summed E-state index contributed by atoms with van der Waals surface area (Å²) in [6.07, 6.45) is 1.29. The van der Waals surface area contributed by atoms with Gasteiger partial charge in [-0.2, -0.15) is 9.57 Å². The van der Waals surface area contributed by atoms with Crippen molar-refractivity contribution in [1.29, 1.82) is 5.26 Å². The molecule has 2 rings (SSSR count). The van der Waals surface area contributed by atoms with Gasteiger partial charge >= 0.3 is 0 Å². The molecule has 0 saturated carbocycles. The van der Waals surface area contributed by atoms with Crippen molar-refractivity contribution < 1.29 is 13.5 Å². The second-order valence-corrected chi connectivity index (χ2v) is 7.47.